The summed E-state index contributed by atoms with van der Waals surface area (Å²) in [5.41, 5.74) is 4.40. The summed E-state index contributed by atoms with van der Waals surface area (Å²) in [6.07, 6.45) is 5.08. The fourth-order valence-electron chi connectivity index (χ4n) is 3.30. The van der Waals surface area contributed by atoms with Crippen LogP contribution in [0.4, 0.5) is 11.5 Å². The minimum atomic E-state index is -0.205. The third kappa shape index (κ3) is 3.67. The smallest absolute Gasteiger partial charge is 0.258 e. The highest BCUT2D eigenvalue weighted by molar-refractivity contribution is 6.03. The third-order valence-corrected chi connectivity index (χ3v) is 4.63. The molecule has 3 aromatic heterocycles. The van der Waals surface area contributed by atoms with Crippen molar-refractivity contribution in [1.82, 2.24) is 15.1 Å². The molecule has 1 aliphatic heterocycles. The third-order valence-electron chi connectivity index (χ3n) is 4.63. The summed E-state index contributed by atoms with van der Waals surface area (Å²) in [6, 6.07) is 7.52. The van der Waals surface area contributed by atoms with Crippen LogP contribution in [-0.2, 0) is 13.0 Å². The van der Waals surface area contributed by atoms with Gasteiger partial charge in [0.1, 0.15) is 5.82 Å². The molecular formula is C20H21N5O2. The Balaban J connectivity index is 1.57. The van der Waals surface area contributed by atoms with Crippen LogP contribution < -0.4 is 10.2 Å². The van der Waals surface area contributed by atoms with Crippen LogP contribution >= 0.6 is 0 Å². The van der Waals surface area contributed by atoms with E-state index in [4.69, 9.17) is 9.51 Å². The zero-order valence-electron chi connectivity index (χ0n) is 15.4. The van der Waals surface area contributed by atoms with E-state index in [0.29, 0.717) is 17.9 Å². The summed E-state index contributed by atoms with van der Waals surface area (Å²) in [6.45, 7) is 5.48. The average molecular weight is 363 g/mol. The maximum atomic E-state index is 12.4. The Hall–Kier alpha value is -3.22. The van der Waals surface area contributed by atoms with Crippen molar-refractivity contribution in [1.29, 1.82) is 0 Å². The Labute approximate surface area is 157 Å². The van der Waals surface area contributed by atoms with E-state index in [1.54, 1.807) is 24.5 Å². The molecule has 0 atom stereocenters. The summed E-state index contributed by atoms with van der Waals surface area (Å²) in [5, 5.41) is 6.87. The van der Waals surface area contributed by atoms with Gasteiger partial charge in [-0.25, -0.2) is 4.98 Å². The van der Waals surface area contributed by atoms with Crippen molar-refractivity contribution in [3.05, 3.63) is 64.9 Å². The number of anilines is 2. The van der Waals surface area contributed by atoms with Gasteiger partial charge < -0.3 is 14.7 Å². The van der Waals surface area contributed by atoms with Gasteiger partial charge in [0.2, 0.25) is 0 Å². The lowest BCUT2D eigenvalue weighted by Gasteiger charge is -2.30. The highest BCUT2D eigenvalue weighted by atomic mass is 16.5. The normalized spacial score (nSPS) is 13.3. The van der Waals surface area contributed by atoms with Crippen LogP contribution in [0.15, 0.2) is 41.2 Å². The average Bonchev–Trinajstić information content (AvgIpc) is 3.08. The molecule has 1 amide bonds. The number of fused-ring (bicyclic) bond motifs is 1. The predicted octanol–water partition coefficient (Wildman–Crippen LogP) is 3.29. The van der Waals surface area contributed by atoms with E-state index in [1.165, 1.54) is 0 Å². The SMILES string of the molecule is Cc1cc(CN2CCCc3nc(NC(=O)c4cccnc4)c(C)cc32)on1. The zero-order valence-corrected chi connectivity index (χ0v) is 15.4. The van der Waals surface area contributed by atoms with Gasteiger partial charge in [-0.1, -0.05) is 5.16 Å². The molecule has 4 heterocycles. The van der Waals surface area contributed by atoms with Crippen molar-refractivity contribution < 1.29 is 9.32 Å². The zero-order chi connectivity index (χ0) is 18.8. The molecule has 0 radical (unpaired) electrons. The van der Waals surface area contributed by atoms with E-state index in [9.17, 15) is 4.79 Å². The number of carbonyl (C=O) groups is 1. The number of pyridine rings is 2. The first-order valence-electron chi connectivity index (χ1n) is 8.99. The molecule has 0 aliphatic carbocycles. The minimum absolute atomic E-state index is 0.205. The first-order valence-corrected chi connectivity index (χ1v) is 8.99. The number of hydrogen-bond donors (Lipinski definition) is 1. The lowest BCUT2D eigenvalue weighted by Crippen LogP contribution is -2.30. The first-order chi connectivity index (χ1) is 13.1. The fraction of sp³-hybridized carbons (Fsp3) is 0.300. The van der Waals surface area contributed by atoms with Gasteiger partial charge in [-0.05, 0) is 50.5 Å². The molecule has 0 aromatic carbocycles. The predicted molar refractivity (Wildman–Crippen MR) is 102 cm³/mol. The summed E-state index contributed by atoms with van der Waals surface area (Å²) < 4.78 is 5.36. The molecule has 1 aliphatic rings. The Morgan fingerprint density at radius 3 is 2.96 bits per heavy atom. The van der Waals surface area contributed by atoms with E-state index in [-0.39, 0.29) is 5.91 Å². The minimum Gasteiger partial charge on any atom is -0.362 e. The Morgan fingerprint density at radius 1 is 1.33 bits per heavy atom. The number of rotatable bonds is 4. The maximum Gasteiger partial charge on any atom is 0.258 e. The largest absolute Gasteiger partial charge is 0.362 e. The Kier molecular flexibility index (Phi) is 4.58. The van der Waals surface area contributed by atoms with Gasteiger partial charge >= 0.3 is 0 Å². The van der Waals surface area contributed by atoms with Gasteiger partial charge in [-0.3, -0.25) is 9.78 Å². The summed E-state index contributed by atoms with van der Waals surface area (Å²) in [4.78, 5) is 23.4. The summed E-state index contributed by atoms with van der Waals surface area (Å²) >= 11 is 0. The second kappa shape index (κ2) is 7.19. The van der Waals surface area contributed by atoms with Crippen LogP contribution in [0.25, 0.3) is 0 Å². The second-order valence-corrected chi connectivity index (χ2v) is 6.78. The van der Waals surface area contributed by atoms with Crippen molar-refractivity contribution >= 4 is 17.4 Å². The van der Waals surface area contributed by atoms with Gasteiger partial charge in [-0.15, -0.1) is 0 Å². The van der Waals surface area contributed by atoms with Crippen LogP contribution in [0.2, 0.25) is 0 Å². The standard InChI is InChI=1S/C20H21N5O2/c1-13-9-18-17(6-4-8-25(18)12-16-10-14(2)24-27-16)22-19(13)23-20(26)15-5-3-7-21-11-15/h3,5,7,9-11H,4,6,8,12H2,1-2H3,(H,22,23,26). The Morgan fingerprint density at radius 2 is 2.22 bits per heavy atom. The highest BCUT2D eigenvalue weighted by Gasteiger charge is 2.22. The molecule has 4 rings (SSSR count). The molecule has 0 bridgehead atoms. The summed E-state index contributed by atoms with van der Waals surface area (Å²) in [5.74, 6) is 1.23. The van der Waals surface area contributed by atoms with Crippen LogP contribution in [0, 0.1) is 13.8 Å². The molecule has 0 unspecified atom stereocenters. The van der Waals surface area contributed by atoms with Gasteiger partial charge in [0.25, 0.3) is 5.91 Å². The van der Waals surface area contributed by atoms with Crippen LogP contribution in [0.1, 0.15) is 39.5 Å². The van der Waals surface area contributed by atoms with E-state index in [0.717, 1.165) is 47.8 Å². The molecule has 3 aromatic rings. The Bertz CT molecular complexity index is 968. The number of nitrogens with one attached hydrogen (secondary N) is 1. The lowest BCUT2D eigenvalue weighted by molar-refractivity contribution is 0.102. The molecule has 1 N–H and O–H groups in total. The first kappa shape index (κ1) is 17.2. The molecule has 0 saturated carbocycles. The number of nitrogens with zero attached hydrogens (tertiary/aromatic N) is 4. The molecule has 7 nitrogen and oxygen atoms in total. The van der Waals surface area contributed by atoms with Gasteiger partial charge in [-0.2, -0.15) is 0 Å². The van der Waals surface area contributed by atoms with Gasteiger partial charge in [0.15, 0.2) is 5.76 Å². The molecule has 0 spiro atoms. The van der Waals surface area contributed by atoms with Crippen molar-refractivity contribution in [3.8, 4) is 0 Å². The van der Waals surface area contributed by atoms with Crippen LogP contribution in [0.5, 0.6) is 0 Å². The number of carbonyl (C=O) groups excluding carboxylic acids is 1. The van der Waals surface area contributed by atoms with Crippen molar-refractivity contribution in [2.24, 2.45) is 0 Å². The number of aryl methyl sites for hydroxylation is 3. The molecule has 0 fully saturated rings. The fourth-order valence-corrected chi connectivity index (χ4v) is 3.30. The van der Waals surface area contributed by atoms with Crippen molar-refractivity contribution in [2.75, 3.05) is 16.8 Å². The lowest BCUT2D eigenvalue weighted by atomic mass is 10.1. The van der Waals surface area contributed by atoms with E-state index < -0.39 is 0 Å². The van der Waals surface area contributed by atoms with Gasteiger partial charge in [0.05, 0.1) is 29.2 Å². The molecular weight excluding hydrogens is 342 g/mol. The van der Waals surface area contributed by atoms with Crippen LogP contribution in [0.3, 0.4) is 0 Å². The maximum absolute atomic E-state index is 12.4. The van der Waals surface area contributed by atoms with E-state index in [2.05, 4.69) is 26.4 Å². The number of amides is 1. The highest BCUT2D eigenvalue weighted by Crippen LogP contribution is 2.31. The van der Waals surface area contributed by atoms with Crippen molar-refractivity contribution in [3.63, 3.8) is 0 Å². The molecule has 0 saturated heterocycles. The second-order valence-electron chi connectivity index (χ2n) is 6.78. The molecule has 7 heteroatoms. The van der Waals surface area contributed by atoms with E-state index in [1.807, 2.05) is 19.9 Å². The van der Waals surface area contributed by atoms with Crippen molar-refractivity contribution in [2.45, 2.75) is 33.2 Å². The quantitative estimate of drug-likeness (QED) is 0.766. The topological polar surface area (TPSA) is 84.2 Å². The monoisotopic (exact) mass is 363 g/mol. The summed E-state index contributed by atoms with van der Waals surface area (Å²) in [7, 11) is 0. The number of hydrogen-bond acceptors (Lipinski definition) is 6. The number of aromatic nitrogens is 3. The van der Waals surface area contributed by atoms with Gasteiger partial charge in [0, 0.05) is 25.0 Å². The molecule has 27 heavy (non-hydrogen) atoms. The molecule has 138 valence electrons. The van der Waals surface area contributed by atoms with E-state index >= 15 is 0 Å². The van der Waals surface area contributed by atoms with Crippen LogP contribution in [-0.4, -0.2) is 27.6 Å².